The lowest BCUT2D eigenvalue weighted by Crippen LogP contribution is -2.86. The van der Waals surface area contributed by atoms with Gasteiger partial charge in [0.15, 0.2) is 0 Å². The summed E-state index contributed by atoms with van der Waals surface area (Å²) in [4.78, 5) is 29.7. The van der Waals surface area contributed by atoms with Crippen LogP contribution >= 0.6 is 0 Å². The second-order valence-electron chi connectivity index (χ2n) is 8.87. The van der Waals surface area contributed by atoms with Gasteiger partial charge in [-0.1, -0.05) is 56.5 Å². The summed E-state index contributed by atoms with van der Waals surface area (Å²) in [6.07, 6.45) is 6.20. The highest BCUT2D eigenvalue weighted by molar-refractivity contribution is 5.84. The minimum atomic E-state index is -0.382. The number of likely N-dealkylation sites (tertiary alicyclic amines) is 2. The summed E-state index contributed by atoms with van der Waals surface area (Å²) in [5.41, 5.74) is 0.764. The number of aliphatic hydroxyl groups is 1. The fourth-order valence-electron chi connectivity index (χ4n) is 5.67. The molecule has 0 unspecified atom stereocenters. The number of benzene rings is 1. The number of aliphatic hydroxyl groups excluding tert-OH is 1. The molecular formula is C23H33N3O3. The molecule has 4 rings (SSSR count). The van der Waals surface area contributed by atoms with Crippen molar-refractivity contribution in [3.63, 3.8) is 0 Å². The number of amides is 3. The zero-order valence-corrected chi connectivity index (χ0v) is 17.3. The molecule has 1 aliphatic carbocycles. The molecule has 1 saturated carbocycles. The summed E-state index contributed by atoms with van der Waals surface area (Å²) in [5, 5.41) is 13.1. The maximum absolute atomic E-state index is 13.5. The van der Waals surface area contributed by atoms with Crippen LogP contribution < -0.4 is 5.32 Å². The van der Waals surface area contributed by atoms with Crippen LogP contribution in [0.5, 0.6) is 0 Å². The Kier molecular flexibility index (Phi) is 5.81. The smallest absolute Gasteiger partial charge is 0.317 e. The highest BCUT2D eigenvalue weighted by Gasteiger charge is 2.68. The molecule has 2 heterocycles. The van der Waals surface area contributed by atoms with E-state index in [1.807, 2.05) is 30.0 Å². The van der Waals surface area contributed by atoms with Crippen LogP contribution in [0.25, 0.3) is 0 Å². The second kappa shape index (κ2) is 8.34. The summed E-state index contributed by atoms with van der Waals surface area (Å²) >= 11 is 0. The first-order chi connectivity index (χ1) is 14.1. The standard InChI is InChI=1S/C23H33N3O3/c1-2-13-24-22(29)25-15-23(16-25)20(17-9-5-3-6-10-17)19(14-27)26(23)21(28)18-11-7-4-8-12-18/h3,5-6,9-10,18-20,27H,2,4,7-8,11-16H2,1H3,(H,24,29)/t19-,20+/m1/s1. The summed E-state index contributed by atoms with van der Waals surface area (Å²) in [6.45, 7) is 3.73. The number of hydrogen-bond donors (Lipinski definition) is 2. The molecule has 6 heteroatoms. The van der Waals surface area contributed by atoms with Gasteiger partial charge >= 0.3 is 6.03 Å². The first-order valence-electron chi connectivity index (χ1n) is 11.1. The average molecular weight is 400 g/mol. The van der Waals surface area contributed by atoms with Gasteiger partial charge in [-0.05, 0) is 24.8 Å². The largest absolute Gasteiger partial charge is 0.394 e. The van der Waals surface area contributed by atoms with E-state index in [9.17, 15) is 14.7 Å². The molecule has 158 valence electrons. The Labute approximate surface area is 173 Å². The Morgan fingerprint density at radius 3 is 2.45 bits per heavy atom. The number of rotatable bonds is 5. The highest BCUT2D eigenvalue weighted by atomic mass is 16.3. The van der Waals surface area contributed by atoms with Crippen LogP contribution in [0.1, 0.15) is 56.9 Å². The van der Waals surface area contributed by atoms with Crippen LogP contribution in [0.4, 0.5) is 4.79 Å². The maximum atomic E-state index is 13.5. The van der Waals surface area contributed by atoms with Gasteiger partial charge in [0.25, 0.3) is 0 Å². The van der Waals surface area contributed by atoms with E-state index < -0.39 is 0 Å². The van der Waals surface area contributed by atoms with E-state index in [1.54, 1.807) is 4.90 Å². The minimum Gasteiger partial charge on any atom is -0.394 e. The minimum absolute atomic E-state index is 0.0399. The summed E-state index contributed by atoms with van der Waals surface area (Å²) < 4.78 is 0. The molecule has 2 N–H and O–H groups in total. The summed E-state index contributed by atoms with van der Waals surface area (Å²) in [5.74, 6) is 0.315. The first kappa shape index (κ1) is 20.2. The normalized spacial score (nSPS) is 26.0. The van der Waals surface area contributed by atoms with E-state index in [0.717, 1.165) is 37.7 Å². The number of carbonyl (C=O) groups excluding carboxylic acids is 2. The van der Waals surface area contributed by atoms with Crippen molar-refractivity contribution in [1.82, 2.24) is 15.1 Å². The van der Waals surface area contributed by atoms with Gasteiger partial charge in [-0.3, -0.25) is 4.79 Å². The van der Waals surface area contributed by atoms with Crippen molar-refractivity contribution in [1.29, 1.82) is 0 Å². The van der Waals surface area contributed by atoms with E-state index in [0.29, 0.717) is 19.6 Å². The fourth-order valence-corrected chi connectivity index (χ4v) is 5.67. The lowest BCUT2D eigenvalue weighted by molar-refractivity contribution is -0.197. The molecule has 29 heavy (non-hydrogen) atoms. The van der Waals surface area contributed by atoms with Crippen molar-refractivity contribution in [2.75, 3.05) is 26.2 Å². The lowest BCUT2D eigenvalue weighted by atomic mass is 9.60. The quantitative estimate of drug-likeness (QED) is 0.800. The van der Waals surface area contributed by atoms with Gasteiger partial charge in [-0.25, -0.2) is 4.79 Å². The monoisotopic (exact) mass is 399 g/mol. The number of nitrogens with one attached hydrogen (secondary N) is 1. The Bertz CT molecular complexity index is 726. The second-order valence-corrected chi connectivity index (χ2v) is 8.87. The van der Waals surface area contributed by atoms with E-state index in [4.69, 9.17) is 0 Å². The average Bonchev–Trinajstić information content (AvgIpc) is 2.72. The third-order valence-electron chi connectivity index (χ3n) is 7.06. The first-order valence-corrected chi connectivity index (χ1v) is 11.1. The van der Waals surface area contributed by atoms with Crippen LogP contribution in [0.15, 0.2) is 30.3 Å². The lowest BCUT2D eigenvalue weighted by Gasteiger charge is -2.70. The highest BCUT2D eigenvalue weighted by Crippen LogP contribution is 2.54. The molecule has 2 saturated heterocycles. The van der Waals surface area contributed by atoms with E-state index in [2.05, 4.69) is 17.4 Å². The molecular weight excluding hydrogens is 366 g/mol. The molecule has 6 nitrogen and oxygen atoms in total. The van der Waals surface area contributed by atoms with Gasteiger partial charge in [0.2, 0.25) is 5.91 Å². The van der Waals surface area contributed by atoms with Crippen LogP contribution in [0, 0.1) is 5.92 Å². The SMILES string of the molecule is CCCNC(=O)N1CC2(C1)[C@@H](c1ccccc1)[C@@H](CO)N2C(=O)C1CCCCC1. The number of urea groups is 1. The molecule has 3 fully saturated rings. The third kappa shape index (κ3) is 3.41. The van der Waals surface area contributed by atoms with Crippen LogP contribution in [0.3, 0.4) is 0 Å². The molecule has 3 aliphatic rings. The van der Waals surface area contributed by atoms with E-state index >= 15 is 0 Å². The molecule has 1 aromatic carbocycles. The molecule has 0 aromatic heterocycles. The predicted octanol–water partition coefficient (Wildman–Crippen LogP) is 2.73. The third-order valence-corrected chi connectivity index (χ3v) is 7.06. The molecule has 2 aliphatic heterocycles. The fraction of sp³-hybridized carbons (Fsp3) is 0.652. The van der Waals surface area contributed by atoms with Gasteiger partial charge < -0.3 is 20.2 Å². The van der Waals surface area contributed by atoms with Crippen molar-refractivity contribution in [3.05, 3.63) is 35.9 Å². The maximum Gasteiger partial charge on any atom is 0.317 e. The van der Waals surface area contributed by atoms with Crippen LogP contribution in [-0.4, -0.2) is 64.7 Å². The molecule has 1 spiro atoms. The predicted molar refractivity (Wildman–Crippen MR) is 111 cm³/mol. The van der Waals surface area contributed by atoms with Gasteiger partial charge in [-0.15, -0.1) is 0 Å². The molecule has 0 bridgehead atoms. The zero-order chi connectivity index (χ0) is 20.4. The van der Waals surface area contributed by atoms with Crippen molar-refractivity contribution >= 4 is 11.9 Å². The van der Waals surface area contributed by atoms with Gasteiger partial charge in [-0.2, -0.15) is 0 Å². The summed E-state index contributed by atoms with van der Waals surface area (Å²) in [6, 6.07) is 9.91. The topological polar surface area (TPSA) is 72.9 Å². The van der Waals surface area contributed by atoms with Crippen molar-refractivity contribution in [3.8, 4) is 0 Å². The van der Waals surface area contributed by atoms with Gasteiger partial charge in [0.1, 0.15) is 0 Å². The van der Waals surface area contributed by atoms with Gasteiger partial charge in [0.05, 0.1) is 18.2 Å². The zero-order valence-electron chi connectivity index (χ0n) is 17.3. The van der Waals surface area contributed by atoms with E-state index in [1.165, 1.54) is 6.42 Å². The Balaban J connectivity index is 1.58. The molecule has 2 atom stereocenters. The van der Waals surface area contributed by atoms with E-state index in [-0.39, 0.29) is 42.0 Å². The molecule has 0 radical (unpaired) electrons. The molecule has 1 aromatic rings. The van der Waals surface area contributed by atoms with Crippen molar-refractivity contribution < 1.29 is 14.7 Å². The Hall–Kier alpha value is -2.08. The van der Waals surface area contributed by atoms with Crippen molar-refractivity contribution in [2.24, 2.45) is 5.92 Å². The summed E-state index contributed by atoms with van der Waals surface area (Å²) in [7, 11) is 0. The molecule has 3 amide bonds. The van der Waals surface area contributed by atoms with Crippen LogP contribution in [-0.2, 0) is 4.79 Å². The Morgan fingerprint density at radius 1 is 1.14 bits per heavy atom. The number of hydrogen-bond acceptors (Lipinski definition) is 3. The number of carbonyl (C=O) groups is 2. The Morgan fingerprint density at radius 2 is 1.83 bits per heavy atom. The van der Waals surface area contributed by atoms with Crippen LogP contribution in [0.2, 0.25) is 0 Å². The van der Waals surface area contributed by atoms with Crippen molar-refractivity contribution in [2.45, 2.75) is 62.9 Å². The number of nitrogens with zero attached hydrogens (tertiary/aromatic N) is 2. The van der Waals surface area contributed by atoms with Gasteiger partial charge in [0, 0.05) is 31.5 Å².